The number of likely N-dealkylation sites (N-methyl/N-ethyl adjacent to an activating group) is 1. The number of nitrogens with one attached hydrogen (secondary N) is 1. The van der Waals surface area contributed by atoms with E-state index in [2.05, 4.69) is 5.32 Å². The van der Waals surface area contributed by atoms with Crippen molar-refractivity contribution in [2.75, 3.05) is 7.05 Å². The predicted octanol–water partition coefficient (Wildman–Crippen LogP) is 4.26. The minimum absolute atomic E-state index is 0.288. The minimum Gasteiger partial charge on any atom is -0.313 e. The van der Waals surface area contributed by atoms with Gasteiger partial charge in [-0.2, -0.15) is 0 Å². The van der Waals surface area contributed by atoms with E-state index in [4.69, 9.17) is 11.6 Å². The fourth-order valence-electron chi connectivity index (χ4n) is 2.04. The summed E-state index contributed by atoms with van der Waals surface area (Å²) in [5.41, 5.74) is 1.18. The maximum absolute atomic E-state index is 13.3. The van der Waals surface area contributed by atoms with Gasteiger partial charge in [0.2, 0.25) is 0 Å². The third-order valence-electron chi connectivity index (χ3n) is 3.13. The zero-order valence-corrected chi connectivity index (χ0v) is 11.5. The summed E-state index contributed by atoms with van der Waals surface area (Å²) in [4.78, 5) is 0. The third-order valence-corrected chi connectivity index (χ3v) is 3.50. The van der Waals surface area contributed by atoms with Crippen molar-refractivity contribution in [1.29, 1.82) is 0 Å². The van der Waals surface area contributed by atoms with Crippen LogP contribution in [0.2, 0.25) is 5.02 Å². The van der Waals surface area contributed by atoms with E-state index in [-0.39, 0.29) is 11.9 Å². The summed E-state index contributed by atoms with van der Waals surface area (Å²) in [6.07, 6.45) is 0.373. The van der Waals surface area contributed by atoms with E-state index in [0.29, 0.717) is 22.6 Å². The summed E-state index contributed by atoms with van der Waals surface area (Å²) in [5, 5.41) is 3.43. The van der Waals surface area contributed by atoms with Gasteiger partial charge in [0.15, 0.2) is 11.6 Å². The summed E-state index contributed by atoms with van der Waals surface area (Å²) >= 11 is 6.01. The fraction of sp³-hybridized carbons (Fsp3) is 0.200. The fourth-order valence-corrected chi connectivity index (χ4v) is 2.23. The zero-order chi connectivity index (χ0) is 14.7. The first kappa shape index (κ1) is 14.9. The molecule has 1 nitrogen and oxygen atoms in total. The average Bonchev–Trinajstić information content (AvgIpc) is 2.43. The van der Waals surface area contributed by atoms with Crippen molar-refractivity contribution in [1.82, 2.24) is 5.32 Å². The Morgan fingerprint density at radius 2 is 1.80 bits per heavy atom. The number of rotatable bonds is 4. The summed E-state index contributed by atoms with van der Waals surface area (Å²) in [6.45, 7) is 0. The number of benzene rings is 2. The molecule has 0 amide bonds. The topological polar surface area (TPSA) is 12.0 Å². The maximum Gasteiger partial charge on any atom is 0.159 e. The van der Waals surface area contributed by atoms with Crippen LogP contribution in [-0.4, -0.2) is 7.05 Å². The Kier molecular flexibility index (Phi) is 4.68. The predicted molar refractivity (Wildman–Crippen MR) is 73.3 cm³/mol. The van der Waals surface area contributed by atoms with Gasteiger partial charge in [-0.15, -0.1) is 0 Å². The van der Waals surface area contributed by atoms with Crippen LogP contribution in [0.15, 0.2) is 36.4 Å². The Morgan fingerprint density at radius 1 is 1.05 bits per heavy atom. The minimum atomic E-state index is -0.909. The Bertz CT molecular complexity index is 616. The van der Waals surface area contributed by atoms with Crippen LogP contribution in [0, 0.1) is 17.5 Å². The standard InChI is InChI=1S/C15H13ClF3N/c1-20-15(9-2-5-13(18)14(19)7-9)8-10-6-11(17)3-4-12(10)16/h2-7,15,20H,8H2,1H3. The van der Waals surface area contributed by atoms with Crippen LogP contribution >= 0.6 is 11.6 Å². The lowest BCUT2D eigenvalue weighted by atomic mass is 9.98. The van der Waals surface area contributed by atoms with Crippen molar-refractivity contribution in [3.05, 3.63) is 70.0 Å². The molecule has 0 saturated heterocycles. The second kappa shape index (κ2) is 6.29. The Morgan fingerprint density at radius 3 is 2.45 bits per heavy atom. The number of hydrogen-bond donors (Lipinski definition) is 1. The van der Waals surface area contributed by atoms with Crippen molar-refractivity contribution >= 4 is 11.6 Å². The van der Waals surface area contributed by atoms with Crippen LogP contribution in [0.1, 0.15) is 17.2 Å². The molecule has 20 heavy (non-hydrogen) atoms. The molecule has 0 aliphatic rings. The van der Waals surface area contributed by atoms with Crippen molar-refractivity contribution in [3.8, 4) is 0 Å². The van der Waals surface area contributed by atoms with Gasteiger partial charge in [-0.25, -0.2) is 13.2 Å². The first-order valence-corrected chi connectivity index (χ1v) is 6.45. The lowest BCUT2D eigenvalue weighted by molar-refractivity contribution is 0.501. The van der Waals surface area contributed by atoms with E-state index >= 15 is 0 Å². The first-order valence-electron chi connectivity index (χ1n) is 6.07. The Balaban J connectivity index is 2.28. The van der Waals surface area contributed by atoms with E-state index in [0.717, 1.165) is 12.1 Å². The monoisotopic (exact) mass is 299 g/mol. The van der Waals surface area contributed by atoms with E-state index in [1.807, 2.05) is 0 Å². The zero-order valence-electron chi connectivity index (χ0n) is 10.8. The maximum atomic E-state index is 13.3. The molecule has 0 heterocycles. The largest absolute Gasteiger partial charge is 0.313 e. The smallest absolute Gasteiger partial charge is 0.159 e. The highest BCUT2D eigenvalue weighted by atomic mass is 35.5. The van der Waals surface area contributed by atoms with Crippen molar-refractivity contribution < 1.29 is 13.2 Å². The van der Waals surface area contributed by atoms with E-state index < -0.39 is 11.6 Å². The van der Waals surface area contributed by atoms with Gasteiger partial charge in [-0.3, -0.25) is 0 Å². The molecule has 2 aromatic rings. The van der Waals surface area contributed by atoms with Crippen LogP contribution in [0.3, 0.4) is 0 Å². The molecule has 0 bridgehead atoms. The molecule has 2 aromatic carbocycles. The Labute approximate surface area is 120 Å². The molecule has 0 aliphatic heterocycles. The van der Waals surface area contributed by atoms with Crippen molar-refractivity contribution in [2.45, 2.75) is 12.5 Å². The molecular formula is C15H13ClF3N. The highest BCUT2D eigenvalue weighted by Crippen LogP contribution is 2.25. The lowest BCUT2D eigenvalue weighted by Gasteiger charge is -2.18. The van der Waals surface area contributed by atoms with Gasteiger partial charge in [0.05, 0.1) is 0 Å². The van der Waals surface area contributed by atoms with Crippen LogP contribution in [-0.2, 0) is 6.42 Å². The molecule has 2 rings (SSSR count). The quantitative estimate of drug-likeness (QED) is 0.889. The number of hydrogen-bond acceptors (Lipinski definition) is 1. The van der Waals surface area contributed by atoms with Gasteiger partial charge in [-0.05, 0) is 54.9 Å². The molecule has 0 aromatic heterocycles. The average molecular weight is 300 g/mol. The molecular weight excluding hydrogens is 287 g/mol. The van der Waals surface area contributed by atoms with Crippen LogP contribution in [0.4, 0.5) is 13.2 Å². The second-order valence-electron chi connectivity index (χ2n) is 4.45. The van der Waals surface area contributed by atoms with Crippen molar-refractivity contribution in [2.24, 2.45) is 0 Å². The normalized spacial score (nSPS) is 12.4. The van der Waals surface area contributed by atoms with E-state index in [9.17, 15) is 13.2 Å². The first-order chi connectivity index (χ1) is 9.51. The van der Waals surface area contributed by atoms with Gasteiger partial charge < -0.3 is 5.32 Å². The van der Waals surface area contributed by atoms with Gasteiger partial charge in [0.25, 0.3) is 0 Å². The molecule has 0 radical (unpaired) electrons. The molecule has 0 fully saturated rings. The van der Waals surface area contributed by atoms with Gasteiger partial charge in [-0.1, -0.05) is 17.7 Å². The lowest BCUT2D eigenvalue weighted by Crippen LogP contribution is -2.19. The van der Waals surface area contributed by atoms with E-state index in [1.54, 1.807) is 7.05 Å². The molecule has 1 atom stereocenters. The highest BCUT2D eigenvalue weighted by Gasteiger charge is 2.15. The summed E-state index contributed by atoms with van der Waals surface area (Å²) < 4.78 is 39.4. The van der Waals surface area contributed by atoms with Crippen LogP contribution in [0.5, 0.6) is 0 Å². The molecule has 1 N–H and O–H groups in total. The molecule has 0 aliphatic carbocycles. The van der Waals surface area contributed by atoms with Gasteiger partial charge >= 0.3 is 0 Å². The van der Waals surface area contributed by atoms with Gasteiger partial charge in [0, 0.05) is 11.1 Å². The number of halogens is 4. The second-order valence-corrected chi connectivity index (χ2v) is 4.86. The van der Waals surface area contributed by atoms with Crippen LogP contribution in [0.25, 0.3) is 0 Å². The van der Waals surface area contributed by atoms with Gasteiger partial charge in [0.1, 0.15) is 5.82 Å². The molecule has 1 unspecified atom stereocenters. The SMILES string of the molecule is CNC(Cc1cc(F)ccc1Cl)c1ccc(F)c(F)c1. The Hall–Kier alpha value is -1.52. The molecule has 106 valence electrons. The summed E-state index contributed by atoms with van der Waals surface area (Å²) in [7, 11) is 1.69. The van der Waals surface area contributed by atoms with E-state index in [1.165, 1.54) is 24.3 Å². The molecule has 5 heteroatoms. The van der Waals surface area contributed by atoms with Crippen LogP contribution < -0.4 is 5.32 Å². The molecule has 0 spiro atoms. The molecule has 0 saturated carbocycles. The summed E-state index contributed by atoms with van der Waals surface area (Å²) in [6, 6.07) is 7.50. The summed E-state index contributed by atoms with van der Waals surface area (Å²) in [5.74, 6) is -2.19. The third kappa shape index (κ3) is 3.32. The highest BCUT2D eigenvalue weighted by molar-refractivity contribution is 6.31. The van der Waals surface area contributed by atoms with Crippen molar-refractivity contribution in [3.63, 3.8) is 0 Å².